The highest BCUT2D eigenvalue weighted by Crippen LogP contribution is 2.25. The van der Waals surface area contributed by atoms with E-state index in [2.05, 4.69) is 21.9 Å². The number of anilines is 1. The average molecular weight is 579 g/mol. The van der Waals surface area contributed by atoms with Crippen LogP contribution in [0.25, 0.3) is 0 Å². The van der Waals surface area contributed by atoms with Crippen LogP contribution in [-0.2, 0) is 16.6 Å². The fourth-order valence-electron chi connectivity index (χ4n) is 4.86. The molecule has 1 fully saturated rings. The van der Waals surface area contributed by atoms with E-state index in [1.54, 1.807) is 48.5 Å². The van der Waals surface area contributed by atoms with Gasteiger partial charge in [-0.05, 0) is 73.4 Å². The van der Waals surface area contributed by atoms with Gasteiger partial charge in [-0.15, -0.1) is 0 Å². The minimum absolute atomic E-state index is 0.0937. The zero-order chi connectivity index (χ0) is 29.2. The van der Waals surface area contributed by atoms with Gasteiger partial charge in [0.1, 0.15) is 11.5 Å². The number of nitrogens with one attached hydrogen (secondary N) is 2. The third-order valence-corrected chi connectivity index (χ3v) is 7.60. The second kappa shape index (κ2) is 14.1. The lowest BCUT2D eigenvalue weighted by atomic mass is 10.0. The number of ether oxygens (including phenoxy) is 1. The summed E-state index contributed by atoms with van der Waals surface area (Å²) in [5.74, 6) is 0.933. The molecule has 0 aliphatic carbocycles. The maximum absolute atomic E-state index is 13.1. The summed E-state index contributed by atoms with van der Waals surface area (Å²) in [6.45, 7) is 5.25. The quantitative estimate of drug-likeness (QED) is 0.313. The van der Waals surface area contributed by atoms with Gasteiger partial charge in [0.2, 0.25) is 10.0 Å². The first-order valence-corrected chi connectivity index (χ1v) is 15.8. The van der Waals surface area contributed by atoms with E-state index in [9.17, 15) is 18.0 Å². The predicted molar refractivity (Wildman–Crippen MR) is 161 cm³/mol. The van der Waals surface area contributed by atoms with Gasteiger partial charge in [0.25, 0.3) is 5.91 Å². The van der Waals surface area contributed by atoms with Crippen molar-refractivity contribution in [1.82, 2.24) is 15.1 Å². The van der Waals surface area contributed by atoms with Crippen molar-refractivity contribution in [2.75, 3.05) is 30.6 Å². The Morgan fingerprint density at radius 1 is 0.927 bits per heavy atom. The third-order valence-electron chi connectivity index (χ3n) is 6.99. The molecular weight excluding hydrogens is 540 g/mol. The predicted octanol–water partition coefficient (Wildman–Crippen LogP) is 5.47. The largest absolute Gasteiger partial charge is 0.457 e. The summed E-state index contributed by atoms with van der Waals surface area (Å²) in [6.07, 6.45) is 4.67. The number of amides is 3. The van der Waals surface area contributed by atoms with Gasteiger partial charge in [-0.2, -0.15) is 0 Å². The van der Waals surface area contributed by atoms with Crippen LogP contribution < -0.4 is 14.8 Å². The Morgan fingerprint density at radius 3 is 2.12 bits per heavy atom. The molecule has 218 valence electrons. The van der Waals surface area contributed by atoms with Crippen LogP contribution in [0.2, 0.25) is 0 Å². The molecule has 0 aromatic heterocycles. The summed E-state index contributed by atoms with van der Waals surface area (Å²) in [5.41, 5.74) is 2.12. The number of likely N-dealkylation sites (tertiary alicyclic amines) is 1. The van der Waals surface area contributed by atoms with Gasteiger partial charge in [-0.25, -0.2) is 13.2 Å². The number of unbranched alkanes of at least 4 members (excludes halogenated alkanes) is 1. The molecule has 1 saturated heterocycles. The number of rotatable bonds is 11. The Hall–Kier alpha value is -3.89. The molecule has 1 aliphatic heterocycles. The Bertz CT molecular complexity index is 1390. The monoisotopic (exact) mass is 578 g/mol. The highest BCUT2D eigenvalue weighted by molar-refractivity contribution is 7.92. The standard InChI is InChI=1S/C31H38N4O5S/c1-3-4-20-35(31(37)32-30(36)25-8-6-5-7-9-25)27-18-21-34(22-19-27)23-24-10-14-28(15-11-24)40-29-16-12-26(13-17-29)33-41(2,38)39/h5-17,27,33H,3-4,18-23H2,1-2H3,(H,32,36,37). The normalized spacial score (nSPS) is 14.3. The number of urea groups is 1. The number of benzene rings is 3. The molecule has 9 nitrogen and oxygen atoms in total. The number of nitrogens with zero attached hydrogens (tertiary/aromatic N) is 2. The Kier molecular flexibility index (Phi) is 10.4. The van der Waals surface area contributed by atoms with E-state index in [1.165, 1.54) is 0 Å². The van der Waals surface area contributed by atoms with Gasteiger partial charge < -0.3 is 9.64 Å². The lowest BCUT2D eigenvalue weighted by Gasteiger charge is -2.38. The van der Waals surface area contributed by atoms with Crippen molar-refractivity contribution >= 4 is 27.6 Å². The molecule has 4 rings (SSSR count). The molecule has 3 aromatic carbocycles. The minimum atomic E-state index is -3.32. The van der Waals surface area contributed by atoms with Crippen LogP contribution in [0.4, 0.5) is 10.5 Å². The minimum Gasteiger partial charge on any atom is -0.457 e. The van der Waals surface area contributed by atoms with Crippen molar-refractivity contribution in [3.8, 4) is 11.5 Å². The summed E-state index contributed by atoms with van der Waals surface area (Å²) in [7, 11) is -3.32. The van der Waals surface area contributed by atoms with Crippen molar-refractivity contribution in [3.05, 3.63) is 90.0 Å². The van der Waals surface area contributed by atoms with Crippen LogP contribution in [-0.4, -0.2) is 62.1 Å². The van der Waals surface area contributed by atoms with Crippen molar-refractivity contribution in [1.29, 1.82) is 0 Å². The van der Waals surface area contributed by atoms with E-state index < -0.39 is 10.0 Å². The number of hydrogen-bond acceptors (Lipinski definition) is 6. The van der Waals surface area contributed by atoms with Crippen LogP contribution in [0.3, 0.4) is 0 Å². The van der Waals surface area contributed by atoms with Crippen LogP contribution in [0.5, 0.6) is 11.5 Å². The van der Waals surface area contributed by atoms with Crippen LogP contribution in [0, 0.1) is 0 Å². The summed E-state index contributed by atoms with van der Waals surface area (Å²) >= 11 is 0. The molecular formula is C31H38N4O5S. The SMILES string of the molecule is CCCCN(C(=O)NC(=O)c1ccccc1)C1CCN(Cc2ccc(Oc3ccc(NS(C)(=O)=O)cc3)cc2)CC1. The van der Waals surface area contributed by atoms with Crippen molar-refractivity contribution in [3.63, 3.8) is 0 Å². The van der Waals surface area contributed by atoms with E-state index in [0.29, 0.717) is 29.3 Å². The second-order valence-corrected chi connectivity index (χ2v) is 12.1. The zero-order valence-electron chi connectivity index (χ0n) is 23.6. The van der Waals surface area contributed by atoms with E-state index in [-0.39, 0.29) is 18.0 Å². The lowest BCUT2D eigenvalue weighted by Crippen LogP contribution is -2.52. The van der Waals surface area contributed by atoms with Gasteiger partial charge in [-0.1, -0.05) is 43.7 Å². The van der Waals surface area contributed by atoms with Gasteiger partial charge in [0.05, 0.1) is 6.26 Å². The van der Waals surface area contributed by atoms with Crippen LogP contribution >= 0.6 is 0 Å². The molecule has 1 aliphatic rings. The molecule has 3 amide bonds. The summed E-state index contributed by atoms with van der Waals surface area (Å²) in [5, 5.41) is 2.58. The van der Waals surface area contributed by atoms with E-state index in [4.69, 9.17) is 4.74 Å². The molecule has 3 aromatic rings. The van der Waals surface area contributed by atoms with Gasteiger partial charge in [0.15, 0.2) is 0 Å². The second-order valence-electron chi connectivity index (χ2n) is 10.3. The molecule has 1 heterocycles. The molecule has 0 atom stereocenters. The Balaban J connectivity index is 1.27. The highest BCUT2D eigenvalue weighted by atomic mass is 32.2. The van der Waals surface area contributed by atoms with Gasteiger partial charge >= 0.3 is 6.03 Å². The number of carbonyl (C=O) groups is 2. The first-order valence-electron chi connectivity index (χ1n) is 13.9. The third kappa shape index (κ3) is 9.33. The van der Waals surface area contributed by atoms with Crippen molar-refractivity contribution in [2.45, 2.75) is 45.2 Å². The summed E-state index contributed by atoms with van der Waals surface area (Å²) < 4.78 is 31.1. The first-order chi connectivity index (χ1) is 19.7. The molecule has 0 unspecified atom stereocenters. The van der Waals surface area contributed by atoms with Crippen LogP contribution in [0.1, 0.15) is 48.5 Å². The Labute approximate surface area is 242 Å². The van der Waals surface area contributed by atoms with E-state index in [1.807, 2.05) is 35.2 Å². The lowest BCUT2D eigenvalue weighted by molar-refractivity contribution is 0.0912. The van der Waals surface area contributed by atoms with Gasteiger partial charge in [0, 0.05) is 43.5 Å². The zero-order valence-corrected chi connectivity index (χ0v) is 24.4. The average Bonchev–Trinajstić information content (AvgIpc) is 2.96. The molecule has 0 radical (unpaired) electrons. The summed E-state index contributed by atoms with van der Waals surface area (Å²) in [4.78, 5) is 29.9. The molecule has 10 heteroatoms. The molecule has 0 bridgehead atoms. The maximum Gasteiger partial charge on any atom is 0.324 e. The van der Waals surface area contributed by atoms with E-state index >= 15 is 0 Å². The number of piperidine rings is 1. The molecule has 2 N–H and O–H groups in total. The van der Waals surface area contributed by atoms with Crippen molar-refractivity contribution in [2.24, 2.45) is 0 Å². The fraction of sp³-hybridized carbons (Fsp3) is 0.355. The summed E-state index contributed by atoms with van der Waals surface area (Å²) in [6, 6.07) is 23.3. The van der Waals surface area contributed by atoms with Crippen LogP contribution in [0.15, 0.2) is 78.9 Å². The number of hydrogen-bond donors (Lipinski definition) is 2. The molecule has 0 spiro atoms. The molecule has 0 saturated carbocycles. The smallest absolute Gasteiger partial charge is 0.324 e. The van der Waals surface area contributed by atoms with Gasteiger partial charge in [-0.3, -0.25) is 19.7 Å². The van der Waals surface area contributed by atoms with Crippen molar-refractivity contribution < 1.29 is 22.7 Å². The highest BCUT2D eigenvalue weighted by Gasteiger charge is 2.28. The van der Waals surface area contributed by atoms with E-state index in [0.717, 1.165) is 57.1 Å². The Morgan fingerprint density at radius 2 is 1.54 bits per heavy atom. The number of sulfonamides is 1. The fourth-order valence-corrected chi connectivity index (χ4v) is 5.42. The molecule has 41 heavy (non-hydrogen) atoms. The number of carbonyl (C=O) groups excluding carboxylic acids is 2. The topological polar surface area (TPSA) is 108 Å². The number of imide groups is 1. The maximum atomic E-state index is 13.1. The first kappa shape index (κ1) is 30.1.